The zero-order valence-corrected chi connectivity index (χ0v) is 12.0. The first-order chi connectivity index (χ1) is 10.3. The number of aromatic nitrogens is 2. The minimum atomic E-state index is -0.0615. The molecule has 0 radical (unpaired) electrons. The summed E-state index contributed by atoms with van der Waals surface area (Å²) in [6, 6.07) is 3.50. The van der Waals surface area contributed by atoms with Crippen molar-refractivity contribution in [2.24, 2.45) is 0 Å². The lowest BCUT2D eigenvalue weighted by Gasteiger charge is -2.31. The van der Waals surface area contributed by atoms with Crippen LogP contribution in [-0.4, -0.2) is 41.0 Å². The van der Waals surface area contributed by atoms with Gasteiger partial charge in [0.15, 0.2) is 5.76 Å². The summed E-state index contributed by atoms with van der Waals surface area (Å²) in [6.45, 7) is 1.81. The summed E-state index contributed by atoms with van der Waals surface area (Å²) in [5.41, 5.74) is 0. The van der Waals surface area contributed by atoms with E-state index in [1.807, 2.05) is 11.1 Å². The van der Waals surface area contributed by atoms with Crippen LogP contribution in [0, 0.1) is 0 Å². The molecule has 0 bridgehead atoms. The summed E-state index contributed by atoms with van der Waals surface area (Å²) in [5, 5.41) is 0. The van der Waals surface area contributed by atoms with Gasteiger partial charge in [-0.05, 0) is 25.0 Å². The van der Waals surface area contributed by atoms with Gasteiger partial charge >= 0.3 is 0 Å². The molecule has 0 aliphatic carbocycles. The zero-order chi connectivity index (χ0) is 14.7. The van der Waals surface area contributed by atoms with E-state index in [4.69, 9.17) is 9.15 Å². The van der Waals surface area contributed by atoms with E-state index in [0.717, 1.165) is 25.2 Å². The van der Waals surface area contributed by atoms with E-state index in [1.165, 1.54) is 0 Å². The lowest BCUT2D eigenvalue weighted by atomic mass is 9.97. The second-order valence-electron chi connectivity index (χ2n) is 5.26. The quantitative estimate of drug-likeness (QED) is 0.936. The maximum Gasteiger partial charge on any atom is 0.289 e. The third kappa shape index (κ3) is 3.00. The van der Waals surface area contributed by atoms with Gasteiger partial charge in [0.1, 0.15) is 18.2 Å². The van der Waals surface area contributed by atoms with Crippen LogP contribution in [0.3, 0.4) is 0 Å². The molecule has 21 heavy (non-hydrogen) atoms. The first-order valence-electron chi connectivity index (χ1n) is 7.14. The van der Waals surface area contributed by atoms with Crippen molar-refractivity contribution in [3.63, 3.8) is 0 Å². The van der Waals surface area contributed by atoms with E-state index < -0.39 is 0 Å². The highest BCUT2D eigenvalue weighted by Crippen LogP contribution is 2.25. The van der Waals surface area contributed by atoms with Gasteiger partial charge in [-0.2, -0.15) is 0 Å². The second-order valence-corrected chi connectivity index (χ2v) is 5.26. The molecule has 2 aromatic rings. The fraction of sp³-hybridized carbons (Fsp3) is 0.467. The Morgan fingerprint density at radius 2 is 2.48 bits per heavy atom. The summed E-state index contributed by atoms with van der Waals surface area (Å²) in [6.07, 6.45) is 5.59. The van der Waals surface area contributed by atoms with E-state index in [-0.39, 0.29) is 11.8 Å². The Morgan fingerprint density at radius 1 is 1.57 bits per heavy atom. The van der Waals surface area contributed by atoms with Gasteiger partial charge in [-0.1, -0.05) is 0 Å². The van der Waals surface area contributed by atoms with Gasteiger partial charge in [0, 0.05) is 38.5 Å². The Kier molecular flexibility index (Phi) is 4.06. The Morgan fingerprint density at radius 3 is 3.24 bits per heavy atom. The summed E-state index contributed by atoms with van der Waals surface area (Å²) in [7, 11) is 1.60. The molecule has 6 nitrogen and oxygen atoms in total. The molecule has 3 rings (SSSR count). The summed E-state index contributed by atoms with van der Waals surface area (Å²) < 4.78 is 10.5. The van der Waals surface area contributed by atoms with Gasteiger partial charge in [-0.3, -0.25) is 4.79 Å². The zero-order valence-electron chi connectivity index (χ0n) is 12.0. The Bertz CT molecular complexity index is 591. The number of H-pyrrole nitrogens is 1. The van der Waals surface area contributed by atoms with Crippen molar-refractivity contribution in [2.45, 2.75) is 25.4 Å². The predicted molar refractivity (Wildman–Crippen MR) is 75.9 cm³/mol. The van der Waals surface area contributed by atoms with E-state index in [2.05, 4.69) is 9.97 Å². The van der Waals surface area contributed by atoms with Crippen molar-refractivity contribution >= 4 is 5.91 Å². The average Bonchev–Trinajstić information content (AvgIpc) is 3.18. The van der Waals surface area contributed by atoms with Crippen LogP contribution in [0.4, 0.5) is 0 Å². The number of imidazole rings is 1. The highest BCUT2D eigenvalue weighted by Gasteiger charge is 2.28. The van der Waals surface area contributed by atoms with Gasteiger partial charge in [0.25, 0.3) is 5.91 Å². The highest BCUT2D eigenvalue weighted by atomic mass is 16.5. The molecule has 1 N–H and O–H groups in total. The molecule has 1 saturated heterocycles. The number of ether oxygens (including phenoxy) is 1. The molecule has 112 valence electrons. The number of hydrogen-bond donors (Lipinski definition) is 1. The number of furan rings is 1. The van der Waals surface area contributed by atoms with Crippen molar-refractivity contribution in [3.05, 3.63) is 41.9 Å². The van der Waals surface area contributed by atoms with Gasteiger partial charge in [0.2, 0.25) is 0 Å². The molecule has 1 amide bonds. The predicted octanol–water partition coefficient (Wildman–Crippen LogP) is 2.17. The molecule has 2 aromatic heterocycles. The minimum Gasteiger partial charge on any atom is -0.453 e. The topological polar surface area (TPSA) is 71.4 Å². The monoisotopic (exact) mass is 289 g/mol. The van der Waals surface area contributed by atoms with Crippen molar-refractivity contribution in [1.82, 2.24) is 14.9 Å². The number of likely N-dealkylation sites (tertiary alicyclic amines) is 1. The van der Waals surface area contributed by atoms with Crippen LogP contribution in [-0.2, 0) is 11.3 Å². The van der Waals surface area contributed by atoms with Crippen LogP contribution in [0.25, 0.3) is 0 Å². The second kappa shape index (κ2) is 6.13. The summed E-state index contributed by atoms with van der Waals surface area (Å²) in [5.74, 6) is 2.20. The number of aromatic amines is 1. The van der Waals surface area contributed by atoms with Crippen molar-refractivity contribution in [3.8, 4) is 0 Å². The van der Waals surface area contributed by atoms with E-state index in [0.29, 0.717) is 24.7 Å². The molecule has 1 fully saturated rings. The normalized spacial score (nSPS) is 18.9. The molecule has 6 heteroatoms. The van der Waals surface area contributed by atoms with Crippen LogP contribution >= 0.6 is 0 Å². The van der Waals surface area contributed by atoms with Crippen molar-refractivity contribution < 1.29 is 13.9 Å². The first-order valence-corrected chi connectivity index (χ1v) is 7.14. The average molecular weight is 289 g/mol. The Balaban J connectivity index is 1.68. The number of carbonyl (C=O) groups is 1. The van der Waals surface area contributed by atoms with Crippen LogP contribution in [0.1, 0.15) is 40.9 Å². The molecule has 1 unspecified atom stereocenters. The first kappa shape index (κ1) is 13.9. The molecular formula is C15H19N3O3. The Hall–Kier alpha value is -2.08. The summed E-state index contributed by atoms with van der Waals surface area (Å²) >= 11 is 0. The summed E-state index contributed by atoms with van der Waals surface area (Å²) in [4.78, 5) is 21.8. The van der Waals surface area contributed by atoms with Crippen molar-refractivity contribution in [2.75, 3.05) is 20.2 Å². The number of nitrogens with one attached hydrogen (secondary N) is 1. The molecule has 0 aromatic carbocycles. The molecule has 0 spiro atoms. The van der Waals surface area contributed by atoms with E-state index in [9.17, 15) is 4.79 Å². The largest absolute Gasteiger partial charge is 0.453 e. The number of piperidine rings is 1. The third-order valence-corrected chi connectivity index (χ3v) is 3.77. The van der Waals surface area contributed by atoms with Gasteiger partial charge in [-0.15, -0.1) is 0 Å². The SMILES string of the molecule is COCc1ccc(C(=O)N2CCCC(c3ncc[nH]3)C2)o1. The van der Waals surface area contributed by atoms with Gasteiger partial charge in [0.05, 0.1) is 0 Å². The Labute approximate surface area is 123 Å². The smallest absolute Gasteiger partial charge is 0.289 e. The minimum absolute atomic E-state index is 0.0615. The van der Waals surface area contributed by atoms with Crippen molar-refractivity contribution in [1.29, 1.82) is 0 Å². The maximum atomic E-state index is 12.5. The van der Waals surface area contributed by atoms with Crippen LogP contribution < -0.4 is 0 Å². The van der Waals surface area contributed by atoms with Crippen LogP contribution in [0.5, 0.6) is 0 Å². The molecule has 1 atom stereocenters. The molecule has 1 aliphatic heterocycles. The third-order valence-electron chi connectivity index (χ3n) is 3.77. The highest BCUT2D eigenvalue weighted by molar-refractivity contribution is 5.91. The van der Waals surface area contributed by atoms with Gasteiger partial charge < -0.3 is 19.0 Å². The lowest BCUT2D eigenvalue weighted by molar-refractivity contribution is 0.0665. The number of rotatable bonds is 4. The number of amides is 1. The number of methoxy groups -OCH3 is 1. The molecule has 3 heterocycles. The maximum absolute atomic E-state index is 12.5. The fourth-order valence-electron chi connectivity index (χ4n) is 2.75. The standard InChI is InChI=1S/C15H19N3O3/c1-20-10-12-4-5-13(21-12)15(19)18-8-2-3-11(9-18)14-16-6-7-17-14/h4-7,11H,2-3,8-10H2,1H3,(H,16,17). The molecule has 1 aliphatic rings. The number of carbonyl (C=O) groups excluding carboxylic acids is 1. The fourth-order valence-corrected chi connectivity index (χ4v) is 2.75. The van der Waals surface area contributed by atoms with Crippen LogP contribution in [0.2, 0.25) is 0 Å². The molecule has 0 saturated carbocycles. The number of nitrogens with zero attached hydrogens (tertiary/aromatic N) is 2. The van der Waals surface area contributed by atoms with E-state index >= 15 is 0 Å². The van der Waals surface area contributed by atoms with Gasteiger partial charge in [-0.25, -0.2) is 4.98 Å². The lowest BCUT2D eigenvalue weighted by Crippen LogP contribution is -2.39. The van der Waals surface area contributed by atoms with Crippen LogP contribution in [0.15, 0.2) is 28.9 Å². The van der Waals surface area contributed by atoms with E-state index in [1.54, 1.807) is 25.4 Å². The molecular weight excluding hydrogens is 270 g/mol. The number of hydrogen-bond acceptors (Lipinski definition) is 4.